The first-order chi connectivity index (χ1) is 11.8. The van der Waals surface area contributed by atoms with Crippen molar-refractivity contribution in [1.29, 1.82) is 0 Å². The number of rotatable bonds is 5. The van der Waals surface area contributed by atoms with Gasteiger partial charge < -0.3 is 4.74 Å². The predicted molar refractivity (Wildman–Crippen MR) is 91.5 cm³/mol. The van der Waals surface area contributed by atoms with Crippen LogP contribution in [0.1, 0.15) is 10.4 Å². The third-order valence-electron chi connectivity index (χ3n) is 3.63. The molecule has 128 valence electrons. The van der Waals surface area contributed by atoms with Gasteiger partial charge in [0, 0.05) is 5.56 Å². The van der Waals surface area contributed by atoms with Crippen molar-refractivity contribution in [2.24, 2.45) is 5.14 Å². The largest absolute Gasteiger partial charge is 0.485 e. The zero-order valence-electron chi connectivity index (χ0n) is 13.0. The number of hydrogen-bond acceptors (Lipinski definition) is 4. The van der Waals surface area contributed by atoms with Crippen LogP contribution in [-0.4, -0.2) is 20.8 Å². The summed E-state index contributed by atoms with van der Waals surface area (Å²) in [7, 11) is -3.77. The van der Waals surface area contributed by atoms with Crippen molar-refractivity contribution in [3.8, 4) is 5.75 Å². The summed E-state index contributed by atoms with van der Waals surface area (Å²) in [5, 5.41) is 6.52. The minimum absolute atomic E-state index is 0.0231. The van der Waals surface area contributed by atoms with Crippen LogP contribution in [0.5, 0.6) is 5.75 Å². The molecule has 7 heteroatoms. The summed E-state index contributed by atoms with van der Waals surface area (Å²) in [6.07, 6.45) is 0. The second-order valence-electron chi connectivity index (χ2n) is 5.44. The monoisotopic (exact) mass is 359 g/mol. The summed E-state index contributed by atoms with van der Waals surface area (Å²) in [5.41, 5.74) is 0.235. The number of ether oxygens (including phenoxy) is 1. The first-order valence-electron chi connectivity index (χ1n) is 7.31. The number of nitrogens with two attached hydrogens (primary N) is 1. The molecule has 0 unspecified atom stereocenters. The van der Waals surface area contributed by atoms with Crippen molar-refractivity contribution in [2.75, 3.05) is 6.61 Å². The Morgan fingerprint density at radius 2 is 1.72 bits per heavy atom. The fourth-order valence-corrected chi connectivity index (χ4v) is 2.91. The van der Waals surface area contributed by atoms with Gasteiger partial charge in [-0.3, -0.25) is 4.79 Å². The highest BCUT2D eigenvalue weighted by atomic mass is 32.2. The lowest BCUT2D eigenvalue weighted by molar-refractivity contribution is 0.0921. The number of hydrogen-bond donors (Lipinski definition) is 1. The van der Waals surface area contributed by atoms with E-state index in [0.717, 1.165) is 11.5 Å². The number of carbonyl (C=O) groups is 1. The maximum absolute atomic E-state index is 13.1. The van der Waals surface area contributed by atoms with Gasteiger partial charge in [0.15, 0.2) is 12.4 Å². The van der Waals surface area contributed by atoms with E-state index in [-0.39, 0.29) is 22.8 Å². The lowest BCUT2D eigenvalue weighted by Crippen LogP contribution is -2.12. The van der Waals surface area contributed by atoms with E-state index in [4.69, 9.17) is 9.88 Å². The third kappa shape index (κ3) is 4.01. The number of ketones is 1. The molecule has 5 nitrogen and oxygen atoms in total. The zero-order chi connectivity index (χ0) is 18.0. The number of carbonyl (C=O) groups excluding carboxylic acids is 1. The molecule has 0 aromatic heterocycles. The van der Waals surface area contributed by atoms with Crippen LogP contribution in [0.25, 0.3) is 10.8 Å². The molecule has 3 aromatic rings. The average molecular weight is 359 g/mol. The van der Waals surface area contributed by atoms with E-state index in [2.05, 4.69) is 0 Å². The Hall–Kier alpha value is -2.77. The Bertz CT molecular complexity index is 1060. The van der Waals surface area contributed by atoms with E-state index in [9.17, 15) is 17.6 Å². The SMILES string of the molecule is NS(=O)(=O)c1ccc2cc(OCC(=O)c3cccc(F)c3)ccc2c1. The van der Waals surface area contributed by atoms with E-state index in [0.29, 0.717) is 11.1 Å². The second-order valence-corrected chi connectivity index (χ2v) is 7.00. The van der Waals surface area contributed by atoms with E-state index in [1.807, 2.05) is 0 Å². The number of fused-ring (bicyclic) bond motifs is 1. The summed E-state index contributed by atoms with van der Waals surface area (Å²) in [5.74, 6) is -0.382. The molecular formula is C18H14FNO4S. The lowest BCUT2D eigenvalue weighted by atomic mass is 10.1. The molecule has 0 radical (unpaired) electrons. The molecule has 0 saturated carbocycles. The topological polar surface area (TPSA) is 86.5 Å². The fraction of sp³-hybridized carbons (Fsp3) is 0.0556. The molecule has 0 heterocycles. The van der Waals surface area contributed by atoms with Crippen molar-refractivity contribution in [3.05, 3.63) is 72.0 Å². The van der Waals surface area contributed by atoms with Gasteiger partial charge in [0.2, 0.25) is 10.0 Å². The summed E-state index contributed by atoms with van der Waals surface area (Å²) >= 11 is 0. The highest BCUT2D eigenvalue weighted by molar-refractivity contribution is 7.89. The Morgan fingerprint density at radius 1 is 1.00 bits per heavy atom. The minimum atomic E-state index is -3.77. The summed E-state index contributed by atoms with van der Waals surface area (Å²) < 4.78 is 41.3. The van der Waals surface area contributed by atoms with E-state index < -0.39 is 15.8 Å². The quantitative estimate of drug-likeness (QED) is 0.710. The van der Waals surface area contributed by atoms with Crippen LogP contribution >= 0.6 is 0 Å². The summed E-state index contributed by atoms with van der Waals surface area (Å²) in [4.78, 5) is 12.0. The smallest absolute Gasteiger partial charge is 0.238 e. The molecule has 0 atom stereocenters. The van der Waals surface area contributed by atoms with E-state index in [1.165, 1.54) is 30.3 Å². The van der Waals surface area contributed by atoms with Crippen molar-refractivity contribution in [1.82, 2.24) is 0 Å². The van der Waals surface area contributed by atoms with Crippen LogP contribution in [0.3, 0.4) is 0 Å². The number of halogens is 1. The van der Waals surface area contributed by atoms with Crippen LogP contribution in [0.4, 0.5) is 4.39 Å². The molecule has 0 bridgehead atoms. The summed E-state index contributed by atoms with van der Waals surface area (Å²) in [6, 6.07) is 14.8. The molecule has 0 spiro atoms. The first kappa shape index (κ1) is 17.1. The molecule has 0 aliphatic carbocycles. The van der Waals surface area contributed by atoms with Gasteiger partial charge >= 0.3 is 0 Å². The van der Waals surface area contributed by atoms with Gasteiger partial charge in [-0.2, -0.15) is 0 Å². The molecule has 2 N–H and O–H groups in total. The van der Waals surface area contributed by atoms with Gasteiger partial charge in [0.25, 0.3) is 0 Å². The Kier molecular flexibility index (Phi) is 4.52. The minimum Gasteiger partial charge on any atom is -0.485 e. The molecule has 0 amide bonds. The molecule has 0 aliphatic heterocycles. The second kappa shape index (κ2) is 6.62. The number of primary sulfonamides is 1. The van der Waals surface area contributed by atoms with Crippen LogP contribution in [-0.2, 0) is 10.0 Å². The zero-order valence-corrected chi connectivity index (χ0v) is 13.8. The van der Waals surface area contributed by atoms with E-state index >= 15 is 0 Å². The van der Waals surface area contributed by atoms with Gasteiger partial charge in [-0.05, 0) is 47.2 Å². The summed E-state index contributed by atoms with van der Waals surface area (Å²) in [6.45, 7) is -0.232. The molecule has 3 aromatic carbocycles. The molecule has 25 heavy (non-hydrogen) atoms. The van der Waals surface area contributed by atoms with Gasteiger partial charge in [0.05, 0.1) is 4.90 Å². The van der Waals surface area contributed by atoms with Crippen molar-refractivity contribution in [3.63, 3.8) is 0 Å². The lowest BCUT2D eigenvalue weighted by Gasteiger charge is -2.08. The molecule has 3 rings (SSSR count). The van der Waals surface area contributed by atoms with Crippen LogP contribution in [0.2, 0.25) is 0 Å². The van der Waals surface area contributed by atoms with Crippen molar-refractivity contribution in [2.45, 2.75) is 4.90 Å². The first-order valence-corrected chi connectivity index (χ1v) is 8.86. The maximum atomic E-state index is 13.1. The maximum Gasteiger partial charge on any atom is 0.238 e. The van der Waals surface area contributed by atoms with Crippen molar-refractivity contribution < 1.29 is 22.3 Å². The Balaban J connectivity index is 1.77. The Morgan fingerprint density at radius 3 is 2.44 bits per heavy atom. The number of Topliss-reactive ketones (excluding diaryl/α,β-unsaturated/α-hetero) is 1. The van der Waals surface area contributed by atoms with Gasteiger partial charge in [-0.1, -0.05) is 24.3 Å². The van der Waals surface area contributed by atoms with Crippen LogP contribution < -0.4 is 9.88 Å². The van der Waals surface area contributed by atoms with E-state index in [1.54, 1.807) is 24.3 Å². The van der Waals surface area contributed by atoms with Crippen LogP contribution in [0, 0.1) is 5.82 Å². The molecule has 0 saturated heterocycles. The Labute approximate surface area is 143 Å². The fourth-order valence-electron chi connectivity index (χ4n) is 2.36. The number of benzene rings is 3. The molecular weight excluding hydrogens is 345 g/mol. The van der Waals surface area contributed by atoms with Gasteiger partial charge in [-0.25, -0.2) is 17.9 Å². The normalized spacial score (nSPS) is 11.4. The standard InChI is InChI=1S/C18H14FNO4S/c19-15-3-1-2-14(8-15)18(21)11-24-16-6-4-13-10-17(25(20,22)23)7-5-12(13)9-16/h1-10H,11H2,(H2,20,22,23). The predicted octanol–water partition coefficient (Wildman–Crippen LogP) is 2.89. The average Bonchev–Trinajstić information content (AvgIpc) is 2.58. The highest BCUT2D eigenvalue weighted by Gasteiger charge is 2.10. The highest BCUT2D eigenvalue weighted by Crippen LogP contribution is 2.23. The van der Waals surface area contributed by atoms with Crippen LogP contribution in [0.15, 0.2) is 65.6 Å². The molecule has 0 aliphatic rings. The molecule has 0 fully saturated rings. The van der Waals surface area contributed by atoms with Gasteiger partial charge in [0.1, 0.15) is 11.6 Å². The van der Waals surface area contributed by atoms with Crippen molar-refractivity contribution >= 4 is 26.6 Å². The van der Waals surface area contributed by atoms with Gasteiger partial charge in [-0.15, -0.1) is 0 Å². The number of sulfonamides is 1. The third-order valence-corrected chi connectivity index (χ3v) is 4.54.